The first-order chi connectivity index (χ1) is 15.0. The molecule has 1 aliphatic rings. The van der Waals surface area contributed by atoms with Crippen molar-refractivity contribution in [2.45, 2.75) is 60.2 Å². The minimum absolute atomic E-state index is 0.0275. The van der Waals surface area contributed by atoms with Gasteiger partial charge in [0.05, 0.1) is 11.9 Å². The predicted octanol–water partition coefficient (Wildman–Crippen LogP) is 3.02. The van der Waals surface area contributed by atoms with Crippen molar-refractivity contribution in [2.24, 2.45) is 23.2 Å². The van der Waals surface area contributed by atoms with E-state index in [1.807, 2.05) is 0 Å². The van der Waals surface area contributed by atoms with Gasteiger partial charge in [0.1, 0.15) is 11.6 Å². The summed E-state index contributed by atoms with van der Waals surface area (Å²) in [7, 11) is 0. The molecule has 0 bridgehead atoms. The molecule has 8 nitrogen and oxygen atoms in total. The van der Waals surface area contributed by atoms with Gasteiger partial charge in [-0.15, -0.1) is 0 Å². The van der Waals surface area contributed by atoms with Crippen molar-refractivity contribution in [1.29, 1.82) is 0 Å². The van der Waals surface area contributed by atoms with Crippen LogP contribution in [0.25, 0.3) is 0 Å². The van der Waals surface area contributed by atoms with E-state index in [1.165, 1.54) is 18.5 Å². The van der Waals surface area contributed by atoms with E-state index in [-0.39, 0.29) is 35.1 Å². The molecule has 2 aromatic rings. The molecule has 0 unspecified atom stereocenters. The van der Waals surface area contributed by atoms with E-state index in [0.717, 1.165) is 11.1 Å². The second-order valence-corrected chi connectivity index (χ2v) is 9.91. The highest BCUT2D eigenvalue weighted by Crippen LogP contribution is 2.48. The first-order valence-electron chi connectivity index (χ1n) is 11.0. The van der Waals surface area contributed by atoms with Gasteiger partial charge in [0.2, 0.25) is 11.5 Å². The molecule has 1 fully saturated rings. The molecule has 4 atom stereocenters. The Kier molecular flexibility index (Phi) is 7.12. The number of rotatable bonds is 6. The molecule has 3 N–H and O–H groups in total. The summed E-state index contributed by atoms with van der Waals surface area (Å²) in [6.07, 6.45) is 4.00. The van der Waals surface area contributed by atoms with Crippen LogP contribution in [-0.4, -0.2) is 26.7 Å². The molecule has 1 saturated carbocycles. The summed E-state index contributed by atoms with van der Waals surface area (Å²) in [5.74, 6) is 1.01. The average molecular weight is 462 g/mol. The van der Waals surface area contributed by atoms with Crippen molar-refractivity contribution in [1.82, 2.24) is 20.1 Å². The minimum atomic E-state index is -0.520. The van der Waals surface area contributed by atoms with Crippen molar-refractivity contribution < 1.29 is 4.79 Å². The zero-order valence-electron chi connectivity index (χ0n) is 19.2. The molecule has 2 aromatic heterocycles. The van der Waals surface area contributed by atoms with Crippen molar-refractivity contribution >= 4 is 23.2 Å². The van der Waals surface area contributed by atoms with Crippen molar-refractivity contribution in [3.8, 4) is 0 Å². The SMILES string of the molecule is C[C@@H]1[C@@H](C)C(C)(C)[C@@H](C)C[C@H]1Nc1cnn(CC(=O)NCc2cc[nH]c(=O)c2)c(=O)c1Cl. The average Bonchev–Trinajstić information content (AvgIpc) is 2.74. The van der Waals surface area contributed by atoms with E-state index in [0.29, 0.717) is 29.0 Å². The summed E-state index contributed by atoms with van der Waals surface area (Å²) in [5, 5.41) is 10.3. The summed E-state index contributed by atoms with van der Waals surface area (Å²) in [6, 6.07) is 3.27. The van der Waals surface area contributed by atoms with Crippen LogP contribution in [0.15, 0.2) is 34.1 Å². The molecule has 0 aliphatic heterocycles. The van der Waals surface area contributed by atoms with Crippen molar-refractivity contribution in [3.05, 3.63) is 55.8 Å². The number of carbonyl (C=O) groups is 1. The van der Waals surface area contributed by atoms with Gasteiger partial charge >= 0.3 is 0 Å². The Morgan fingerprint density at radius 2 is 2.03 bits per heavy atom. The second-order valence-electron chi connectivity index (χ2n) is 9.53. The molecule has 32 heavy (non-hydrogen) atoms. The lowest BCUT2D eigenvalue weighted by Crippen LogP contribution is -2.48. The zero-order valence-corrected chi connectivity index (χ0v) is 20.0. The van der Waals surface area contributed by atoms with Crippen LogP contribution in [0, 0.1) is 23.2 Å². The third-order valence-corrected chi connectivity index (χ3v) is 7.79. The maximum Gasteiger partial charge on any atom is 0.288 e. The van der Waals surface area contributed by atoms with Gasteiger partial charge in [0.25, 0.3) is 5.56 Å². The molecule has 1 amide bonds. The van der Waals surface area contributed by atoms with Gasteiger partial charge < -0.3 is 15.6 Å². The number of aromatic nitrogens is 3. The van der Waals surface area contributed by atoms with Gasteiger partial charge in [-0.1, -0.05) is 46.2 Å². The number of H-pyrrole nitrogens is 1. The Morgan fingerprint density at radius 3 is 2.72 bits per heavy atom. The Bertz CT molecular complexity index is 1090. The van der Waals surface area contributed by atoms with Crippen LogP contribution in [-0.2, 0) is 17.9 Å². The number of halogens is 1. The van der Waals surface area contributed by atoms with Crippen LogP contribution >= 0.6 is 11.6 Å². The van der Waals surface area contributed by atoms with Gasteiger partial charge in [-0.25, -0.2) is 4.68 Å². The molecule has 0 spiro atoms. The fraction of sp³-hybridized carbons (Fsp3) is 0.565. The highest BCUT2D eigenvalue weighted by Gasteiger charge is 2.43. The molecule has 174 valence electrons. The van der Waals surface area contributed by atoms with Gasteiger partial charge in [-0.3, -0.25) is 14.4 Å². The van der Waals surface area contributed by atoms with Crippen LogP contribution in [0.1, 0.15) is 46.6 Å². The minimum Gasteiger partial charge on any atom is -0.379 e. The number of pyridine rings is 1. The van der Waals surface area contributed by atoms with E-state index in [1.54, 1.807) is 6.07 Å². The second kappa shape index (κ2) is 9.48. The standard InChI is InChI=1S/C23H32ClN5O3/c1-13-8-17(14(2)15(3)23(13,4)5)28-18-11-27-29(22(32)21(18)24)12-20(31)26-10-16-6-7-25-19(30)9-16/h6-7,9,11,13-15,17,28H,8,10,12H2,1-5H3,(H,25,30)(H,26,31)/t13-,14+,15+,17+/m0/s1. The third kappa shape index (κ3) is 5.06. The quantitative estimate of drug-likeness (QED) is 0.612. The maximum atomic E-state index is 12.7. The normalized spacial score (nSPS) is 24.7. The molecule has 2 heterocycles. The Hall–Kier alpha value is -2.61. The number of amides is 1. The van der Waals surface area contributed by atoms with Crippen LogP contribution in [0.4, 0.5) is 5.69 Å². The van der Waals surface area contributed by atoms with E-state index < -0.39 is 11.5 Å². The lowest BCUT2D eigenvalue weighted by molar-refractivity contribution is -0.122. The van der Waals surface area contributed by atoms with E-state index in [4.69, 9.17) is 11.6 Å². The summed E-state index contributed by atoms with van der Waals surface area (Å²) in [6.45, 7) is 11.3. The summed E-state index contributed by atoms with van der Waals surface area (Å²) >= 11 is 6.36. The Morgan fingerprint density at radius 1 is 1.31 bits per heavy atom. The van der Waals surface area contributed by atoms with E-state index in [9.17, 15) is 14.4 Å². The largest absolute Gasteiger partial charge is 0.379 e. The molecule has 3 rings (SSSR count). The molecule has 1 aliphatic carbocycles. The number of nitrogens with one attached hydrogen (secondary N) is 3. The lowest BCUT2D eigenvalue weighted by atomic mass is 9.58. The molecule has 0 aromatic carbocycles. The molecule has 0 saturated heterocycles. The molecule has 9 heteroatoms. The summed E-state index contributed by atoms with van der Waals surface area (Å²) in [5.41, 5.74) is 0.627. The fourth-order valence-corrected chi connectivity index (χ4v) is 4.63. The van der Waals surface area contributed by atoms with E-state index in [2.05, 4.69) is 55.3 Å². The van der Waals surface area contributed by atoms with Crippen LogP contribution in [0.2, 0.25) is 5.02 Å². The van der Waals surface area contributed by atoms with Crippen LogP contribution in [0.5, 0.6) is 0 Å². The predicted molar refractivity (Wildman–Crippen MR) is 126 cm³/mol. The van der Waals surface area contributed by atoms with Gasteiger partial charge in [0, 0.05) is 24.8 Å². The Balaban J connectivity index is 1.67. The lowest BCUT2D eigenvalue weighted by Gasteiger charge is -2.50. The first-order valence-corrected chi connectivity index (χ1v) is 11.3. The van der Waals surface area contributed by atoms with Gasteiger partial charge in [0.15, 0.2) is 0 Å². The summed E-state index contributed by atoms with van der Waals surface area (Å²) < 4.78 is 1.04. The van der Waals surface area contributed by atoms with Crippen molar-refractivity contribution in [3.63, 3.8) is 0 Å². The zero-order chi connectivity index (χ0) is 23.6. The van der Waals surface area contributed by atoms with Crippen LogP contribution < -0.4 is 21.8 Å². The highest BCUT2D eigenvalue weighted by molar-refractivity contribution is 6.32. The highest BCUT2D eigenvalue weighted by atomic mass is 35.5. The summed E-state index contributed by atoms with van der Waals surface area (Å²) in [4.78, 5) is 38.8. The fourth-order valence-electron chi connectivity index (χ4n) is 4.43. The van der Waals surface area contributed by atoms with Crippen LogP contribution in [0.3, 0.4) is 0 Å². The molecular formula is C23H32ClN5O3. The Labute approximate surface area is 192 Å². The number of anilines is 1. The number of hydrogen-bond acceptors (Lipinski definition) is 5. The number of hydrogen-bond donors (Lipinski definition) is 3. The smallest absolute Gasteiger partial charge is 0.288 e. The number of nitrogens with zero attached hydrogens (tertiary/aromatic N) is 2. The van der Waals surface area contributed by atoms with Crippen molar-refractivity contribution in [2.75, 3.05) is 5.32 Å². The first kappa shape index (κ1) is 24.0. The van der Waals surface area contributed by atoms with Gasteiger partial charge in [-0.05, 0) is 41.2 Å². The van der Waals surface area contributed by atoms with Gasteiger partial charge in [-0.2, -0.15) is 5.10 Å². The maximum absolute atomic E-state index is 12.7. The topological polar surface area (TPSA) is 109 Å². The monoisotopic (exact) mass is 461 g/mol. The molecular weight excluding hydrogens is 430 g/mol. The van der Waals surface area contributed by atoms with E-state index >= 15 is 0 Å². The third-order valence-electron chi connectivity index (χ3n) is 7.42. The number of aromatic amines is 1. The molecule has 0 radical (unpaired) electrons. The number of carbonyl (C=O) groups excluding carboxylic acids is 1.